The maximum absolute atomic E-state index is 11.1. The molecule has 20 heavy (non-hydrogen) atoms. The molecule has 0 spiro atoms. The van der Waals surface area contributed by atoms with Gasteiger partial charge in [0.25, 0.3) is 0 Å². The summed E-state index contributed by atoms with van der Waals surface area (Å²) >= 11 is 0. The first-order valence-electron chi connectivity index (χ1n) is 4.64. The Hall–Kier alpha value is -0.710. The second-order valence-corrected chi connectivity index (χ2v) is 5.48. The van der Waals surface area contributed by atoms with E-state index < -0.39 is 58.1 Å². The number of ketones is 1. The molecule has 0 rings (SSSR count). The Kier molecular flexibility index (Phi) is 7.08. The highest BCUT2D eigenvalue weighted by Crippen LogP contribution is 2.10. The molecule has 0 heterocycles. The predicted octanol–water partition coefficient (Wildman–Crippen LogP) is -3.72. The van der Waals surface area contributed by atoms with E-state index in [0.29, 0.717) is 0 Å². The molecule has 0 aliphatic heterocycles. The Morgan fingerprint density at radius 1 is 1.05 bits per heavy atom. The summed E-state index contributed by atoms with van der Waals surface area (Å²) in [6.07, 6.45) is -6.98. The lowest BCUT2D eigenvalue weighted by molar-refractivity contribution is -0.139. The molecule has 0 aliphatic carbocycles. The molecule has 0 bridgehead atoms. The lowest BCUT2D eigenvalue weighted by atomic mass is 10.1. The highest BCUT2D eigenvalue weighted by atomic mass is 32.3. The Bertz CT molecular complexity index is 520. The van der Waals surface area contributed by atoms with E-state index >= 15 is 0 Å². The zero-order valence-electron chi connectivity index (χ0n) is 9.56. The molecule has 0 saturated heterocycles. The van der Waals surface area contributed by atoms with Crippen LogP contribution in [-0.2, 0) is 34.0 Å². The van der Waals surface area contributed by atoms with Crippen molar-refractivity contribution in [3.63, 3.8) is 0 Å². The van der Waals surface area contributed by atoms with Gasteiger partial charge in [-0.3, -0.25) is 13.9 Å². The molecule has 0 unspecified atom stereocenters. The zero-order chi connectivity index (χ0) is 16.1. The van der Waals surface area contributed by atoms with Crippen LogP contribution in [0.15, 0.2) is 0 Å². The van der Waals surface area contributed by atoms with Gasteiger partial charge in [-0.1, -0.05) is 0 Å². The van der Waals surface area contributed by atoms with Gasteiger partial charge in [-0.05, 0) is 0 Å². The van der Waals surface area contributed by atoms with Gasteiger partial charge in [-0.15, -0.1) is 0 Å². The van der Waals surface area contributed by atoms with Crippen molar-refractivity contribution < 1.29 is 54.4 Å². The number of hydrogen-bond acceptors (Lipinski definition) is 10. The fourth-order valence-electron chi connectivity index (χ4n) is 0.978. The first-order chi connectivity index (χ1) is 8.87. The van der Waals surface area contributed by atoms with Crippen molar-refractivity contribution in [2.45, 2.75) is 18.3 Å². The molecule has 3 atom stereocenters. The molecular formula is C6H12O12S2. The van der Waals surface area contributed by atoms with Crippen LogP contribution in [-0.4, -0.2) is 78.6 Å². The Morgan fingerprint density at radius 2 is 1.55 bits per heavy atom. The molecule has 0 aromatic carbocycles. The van der Waals surface area contributed by atoms with Crippen molar-refractivity contribution in [2.75, 3.05) is 13.2 Å². The minimum atomic E-state index is -5.21. The highest BCUT2D eigenvalue weighted by Gasteiger charge is 2.36. The summed E-state index contributed by atoms with van der Waals surface area (Å²) in [6, 6.07) is 0. The summed E-state index contributed by atoms with van der Waals surface area (Å²) in [5.41, 5.74) is 0. The summed E-state index contributed by atoms with van der Waals surface area (Å²) in [4.78, 5) is 11.1. The van der Waals surface area contributed by atoms with Crippen molar-refractivity contribution in [3.05, 3.63) is 0 Å². The summed E-state index contributed by atoms with van der Waals surface area (Å²) in [5, 5.41) is 27.2. The van der Waals surface area contributed by atoms with E-state index in [2.05, 4.69) is 8.37 Å². The second-order valence-electron chi connectivity index (χ2n) is 3.34. The molecule has 0 aromatic rings. The Balaban J connectivity index is 4.94. The minimum Gasteiger partial charge on any atom is -0.388 e. The Labute approximate surface area is 113 Å². The SMILES string of the molecule is O=C(CO)[C@@H](OS(=O)(=O)O)[C@@H](O)[C@H](O)COS(=O)(=O)O. The summed E-state index contributed by atoms with van der Waals surface area (Å²) < 4.78 is 65.3. The number of aliphatic hydroxyl groups is 3. The number of Topliss-reactive ketones (excluding diaryl/α,β-unsaturated/α-hetero) is 1. The standard InChI is InChI=1S/C6H12O12S2/c7-1-3(8)6(18-20(14,15)16)5(10)4(9)2-17-19(11,12)13/h4-7,9-10H,1-2H2,(H,11,12,13)(H,14,15,16)/t4-,5+,6-/m1/s1. The summed E-state index contributed by atoms with van der Waals surface area (Å²) in [5.74, 6) is -1.43. The van der Waals surface area contributed by atoms with Gasteiger partial charge in [0, 0.05) is 0 Å². The fourth-order valence-corrected chi connectivity index (χ4v) is 1.77. The van der Waals surface area contributed by atoms with Gasteiger partial charge in [-0.25, -0.2) is 8.37 Å². The molecule has 0 aliphatic rings. The highest BCUT2D eigenvalue weighted by molar-refractivity contribution is 7.81. The first kappa shape index (κ1) is 19.3. The molecule has 0 amide bonds. The van der Waals surface area contributed by atoms with Crippen LogP contribution in [0.3, 0.4) is 0 Å². The topological polar surface area (TPSA) is 205 Å². The van der Waals surface area contributed by atoms with Crippen LogP contribution in [0.4, 0.5) is 0 Å². The molecule has 120 valence electrons. The van der Waals surface area contributed by atoms with Crippen LogP contribution in [0.1, 0.15) is 0 Å². The van der Waals surface area contributed by atoms with E-state index in [0.717, 1.165) is 0 Å². The lowest BCUT2D eigenvalue weighted by Gasteiger charge is -2.23. The second kappa shape index (κ2) is 7.34. The van der Waals surface area contributed by atoms with E-state index in [1.54, 1.807) is 0 Å². The molecule has 0 aromatic heterocycles. The maximum Gasteiger partial charge on any atom is 0.398 e. The average Bonchev–Trinajstić information content (AvgIpc) is 2.29. The number of aliphatic hydroxyl groups excluding tert-OH is 3. The number of carbonyl (C=O) groups is 1. The summed E-state index contributed by atoms with van der Waals surface area (Å²) in [6.45, 7) is -2.55. The van der Waals surface area contributed by atoms with E-state index in [1.807, 2.05) is 0 Å². The summed E-state index contributed by atoms with van der Waals surface area (Å²) in [7, 11) is -10.2. The van der Waals surface area contributed by atoms with Crippen LogP contribution in [0.5, 0.6) is 0 Å². The first-order valence-corrected chi connectivity index (χ1v) is 7.37. The van der Waals surface area contributed by atoms with E-state index in [9.17, 15) is 31.8 Å². The van der Waals surface area contributed by atoms with Gasteiger partial charge in [0.2, 0.25) is 0 Å². The minimum absolute atomic E-state index is 1.25. The van der Waals surface area contributed by atoms with Crippen LogP contribution < -0.4 is 0 Å². The van der Waals surface area contributed by atoms with Crippen molar-refractivity contribution in [1.29, 1.82) is 0 Å². The third-order valence-corrected chi connectivity index (χ3v) is 2.68. The number of carbonyl (C=O) groups excluding carboxylic acids is 1. The van der Waals surface area contributed by atoms with Gasteiger partial charge in [0.1, 0.15) is 18.8 Å². The van der Waals surface area contributed by atoms with E-state index in [-0.39, 0.29) is 0 Å². The van der Waals surface area contributed by atoms with Gasteiger partial charge in [0.05, 0.1) is 6.61 Å². The maximum atomic E-state index is 11.1. The number of hydrogen-bond donors (Lipinski definition) is 5. The molecule has 0 fully saturated rings. The van der Waals surface area contributed by atoms with E-state index in [1.165, 1.54) is 0 Å². The molecular weight excluding hydrogens is 328 g/mol. The van der Waals surface area contributed by atoms with Gasteiger partial charge in [-0.2, -0.15) is 16.8 Å². The molecule has 12 nitrogen and oxygen atoms in total. The third kappa shape index (κ3) is 7.78. The van der Waals surface area contributed by atoms with Gasteiger partial charge in [0.15, 0.2) is 11.9 Å². The Morgan fingerprint density at radius 3 is 1.90 bits per heavy atom. The van der Waals surface area contributed by atoms with Crippen molar-refractivity contribution >= 4 is 26.6 Å². The molecule has 5 N–H and O–H groups in total. The number of rotatable bonds is 9. The van der Waals surface area contributed by atoms with Crippen LogP contribution in [0.25, 0.3) is 0 Å². The normalized spacial score (nSPS) is 17.4. The van der Waals surface area contributed by atoms with Gasteiger partial charge >= 0.3 is 20.8 Å². The third-order valence-electron chi connectivity index (χ3n) is 1.79. The lowest BCUT2D eigenvalue weighted by Crippen LogP contribution is -2.47. The molecule has 0 radical (unpaired) electrons. The quantitative estimate of drug-likeness (QED) is 0.257. The average molecular weight is 340 g/mol. The molecule has 14 heteroatoms. The van der Waals surface area contributed by atoms with Gasteiger partial charge < -0.3 is 15.3 Å². The largest absolute Gasteiger partial charge is 0.398 e. The van der Waals surface area contributed by atoms with Crippen molar-refractivity contribution in [1.82, 2.24) is 0 Å². The molecule has 0 saturated carbocycles. The van der Waals surface area contributed by atoms with Crippen molar-refractivity contribution in [3.8, 4) is 0 Å². The monoisotopic (exact) mass is 340 g/mol. The smallest absolute Gasteiger partial charge is 0.388 e. The zero-order valence-corrected chi connectivity index (χ0v) is 11.2. The van der Waals surface area contributed by atoms with Crippen LogP contribution >= 0.6 is 0 Å². The van der Waals surface area contributed by atoms with Crippen LogP contribution in [0, 0.1) is 0 Å². The van der Waals surface area contributed by atoms with Crippen molar-refractivity contribution in [2.24, 2.45) is 0 Å². The fraction of sp³-hybridized carbons (Fsp3) is 0.833. The van der Waals surface area contributed by atoms with E-state index in [4.69, 9.17) is 14.2 Å². The van der Waals surface area contributed by atoms with Crippen LogP contribution in [0.2, 0.25) is 0 Å². The predicted molar refractivity (Wildman–Crippen MR) is 58.0 cm³/mol.